The van der Waals surface area contributed by atoms with E-state index in [1.165, 1.54) is 0 Å². The molecular formula is C18H18N2O2. The van der Waals surface area contributed by atoms with Crippen LogP contribution in [0.25, 0.3) is 0 Å². The van der Waals surface area contributed by atoms with Gasteiger partial charge in [-0.3, -0.25) is 4.79 Å². The Hall–Kier alpha value is -2.80. The summed E-state index contributed by atoms with van der Waals surface area (Å²) in [5.41, 5.74) is 1.69. The molecule has 0 spiro atoms. The van der Waals surface area contributed by atoms with Gasteiger partial charge in [0.15, 0.2) is 0 Å². The number of anilines is 1. The van der Waals surface area contributed by atoms with Crippen LogP contribution in [-0.4, -0.2) is 12.5 Å². The second-order valence-corrected chi connectivity index (χ2v) is 4.85. The van der Waals surface area contributed by atoms with E-state index < -0.39 is 0 Å². The summed E-state index contributed by atoms with van der Waals surface area (Å²) in [6.07, 6.45) is 1.45. The van der Waals surface area contributed by atoms with E-state index >= 15 is 0 Å². The average Bonchev–Trinajstić information content (AvgIpc) is 2.55. The van der Waals surface area contributed by atoms with Crippen molar-refractivity contribution >= 4 is 11.6 Å². The van der Waals surface area contributed by atoms with Crippen molar-refractivity contribution in [2.24, 2.45) is 0 Å². The molecule has 0 saturated carbocycles. The molecule has 0 fully saturated rings. The topological polar surface area (TPSA) is 62.1 Å². The second kappa shape index (κ2) is 8.48. The van der Waals surface area contributed by atoms with Gasteiger partial charge in [0.2, 0.25) is 5.91 Å². The van der Waals surface area contributed by atoms with E-state index in [9.17, 15) is 4.79 Å². The average molecular weight is 294 g/mol. The normalized spacial score (nSPS) is 9.77. The first kappa shape index (κ1) is 15.6. The summed E-state index contributed by atoms with van der Waals surface area (Å²) in [6, 6.07) is 18.9. The van der Waals surface area contributed by atoms with Crippen LogP contribution < -0.4 is 10.1 Å². The Morgan fingerprint density at radius 1 is 1.09 bits per heavy atom. The molecule has 112 valence electrons. The van der Waals surface area contributed by atoms with E-state index in [1.54, 1.807) is 0 Å². The highest BCUT2D eigenvalue weighted by Gasteiger charge is 2.03. The van der Waals surface area contributed by atoms with E-state index in [2.05, 4.69) is 11.4 Å². The SMILES string of the molecule is N#CCc1ccc(NC(=O)CCCOc2ccccc2)cc1. The van der Waals surface area contributed by atoms with Gasteiger partial charge in [-0.15, -0.1) is 0 Å². The van der Waals surface area contributed by atoms with Crippen LogP contribution in [0, 0.1) is 11.3 Å². The van der Waals surface area contributed by atoms with Gasteiger partial charge in [-0.05, 0) is 36.2 Å². The van der Waals surface area contributed by atoms with Gasteiger partial charge >= 0.3 is 0 Å². The van der Waals surface area contributed by atoms with Gasteiger partial charge in [-0.25, -0.2) is 0 Å². The molecule has 0 radical (unpaired) electrons. The Labute approximate surface area is 130 Å². The molecule has 1 amide bonds. The number of benzene rings is 2. The number of nitrogens with zero attached hydrogens (tertiary/aromatic N) is 1. The molecule has 0 bridgehead atoms. The molecule has 0 aromatic heterocycles. The molecule has 2 aromatic rings. The quantitative estimate of drug-likeness (QED) is 0.794. The monoisotopic (exact) mass is 294 g/mol. The molecule has 0 atom stereocenters. The zero-order valence-electron chi connectivity index (χ0n) is 12.3. The van der Waals surface area contributed by atoms with Crippen LogP contribution in [-0.2, 0) is 11.2 Å². The lowest BCUT2D eigenvalue weighted by Crippen LogP contribution is -2.12. The van der Waals surface area contributed by atoms with Crippen molar-refractivity contribution in [1.29, 1.82) is 5.26 Å². The smallest absolute Gasteiger partial charge is 0.224 e. The lowest BCUT2D eigenvalue weighted by Gasteiger charge is -2.07. The number of rotatable bonds is 7. The van der Waals surface area contributed by atoms with Crippen LogP contribution in [0.5, 0.6) is 5.75 Å². The minimum absolute atomic E-state index is 0.0373. The highest BCUT2D eigenvalue weighted by Crippen LogP contribution is 2.11. The van der Waals surface area contributed by atoms with Crippen LogP contribution >= 0.6 is 0 Å². The highest BCUT2D eigenvalue weighted by atomic mass is 16.5. The molecule has 0 aliphatic rings. The molecule has 2 aromatic carbocycles. The summed E-state index contributed by atoms with van der Waals surface area (Å²) < 4.78 is 5.54. The van der Waals surface area contributed by atoms with Gasteiger partial charge in [0.1, 0.15) is 5.75 Å². The zero-order chi connectivity index (χ0) is 15.6. The molecule has 4 nitrogen and oxygen atoms in total. The number of carbonyl (C=O) groups is 1. The molecule has 0 aliphatic heterocycles. The van der Waals surface area contributed by atoms with Crippen molar-refractivity contribution < 1.29 is 9.53 Å². The van der Waals surface area contributed by atoms with Crippen molar-refractivity contribution in [1.82, 2.24) is 0 Å². The number of ether oxygens (including phenoxy) is 1. The number of nitriles is 1. The molecule has 22 heavy (non-hydrogen) atoms. The fraction of sp³-hybridized carbons (Fsp3) is 0.222. The minimum Gasteiger partial charge on any atom is -0.494 e. The summed E-state index contributed by atoms with van der Waals surface area (Å²) in [5, 5.41) is 11.4. The summed E-state index contributed by atoms with van der Waals surface area (Å²) in [4.78, 5) is 11.8. The van der Waals surface area contributed by atoms with E-state index in [1.807, 2.05) is 54.6 Å². The molecule has 0 aliphatic carbocycles. The second-order valence-electron chi connectivity index (χ2n) is 4.85. The minimum atomic E-state index is -0.0373. The van der Waals surface area contributed by atoms with Crippen LogP contribution in [0.2, 0.25) is 0 Å². The Kier molecular flexibility index (Phi) is 6.01. The summed E-state index contributed by atoms with van der Waals surface area (Å²) >= 11 is 0. The molecule has 0 saturated heterocycles. The largest absolute Gasteiger partial charge is 0.494 e. The van der Waals surface area contributed by atoms with Crippen molar-refractivity contribution in [3.8, 4) is 11.8 Å². The number of hydrogen-bond acceptors (Lipinski definition) is 3. The maximum Gasteiger partial charge on any atom is 0.224 e. The van der Waals surface area contributed by atoms with E-state index in [0.717, 1.165) is 17.0 Å². The predicted octanol–water partition coefficient (Wildman–Crippen LogP) is 3.55. The van der Waals surface area contributed by atoms with E-state index in [-0.39, 0.29) is 5.91 Å². The first-order chi connectivity index (χ1) is 10.8. The third-order valence-electron chi connectivity index (χ3n) is 3.08. The van der Waals surface area contributed by atoms with Crippen LogP contribution in [0.15, 0.2) is 54.6 Å². The summed E-state index contributed by atoms with van der Waals surface area (Å²) in [5.74, 6) is 0.778. The number of carbonyl (C=O) groups excluding carboxylic acids is 1. The van der Waals surface area contributed by atoms with Crippen LogP contribution in [0.3, 0.4) is 0 Å². The summed E-state index contributed by atoms with van der Waals surface area (Å²) in [7, 11) is 0. The molecule has 1 N–H and O–H groups in total. The Balaban J connectivity index is 1.68. The number of nitrogens with one attached hydrogen (secondary N) is 1. The van der Waals surface area contributed by atoms with Gasteiger partial charge in [0.25, 0.3) is 0 Å². The lowest BCUT2D eigenvalue weighted by atomic mass is 10.1. The van der Waals surface area contributed by atoms with E-state index in [0.29, 0.717) is 25.9 Å². The van der Waals surface area contributed by atoms with Crippen LogP contribution in [0.4, 0.5) is 5.69 Å². The fourth-order valence-corrected chi connectivity index (χ4v) is 1.96. The first-order valence-corrected chi connectivity index (χ1v) is 7.21. The highest BCUT2D eigenvalue weighted by molar-refractivity contribution is 5.90. The van der Waals surface area contributed by atoms with Crippen molar-refractivity contribution in [2.45, 2.75) is 19.3 Å². The molecule has 4 heteroatoms. The fourth-order valence-electron chi connectivity index (χ4n) is 1.96. The van der Waals surface area contributed by atoms with Gasteiger partial charge in [-0.1, -0.05) is 30.3 Å². The standard InChI is InChI=1S/C18H18N2O2/c19-13-12-15-8-10-16(11-9-15)20-18(21)7-4-14-22-17-5-2-1-3-6-17/h1-3,5-6,8-11H,4,7,12,14H2,(H,20,21). The van der Waals surface area contributed by atoms with Gasteiger partial charge < -0.3 is 10.1 Å². The van der Waals surface area contributed by atoms with Gasteiger partial charge in [0.05, 0.1) is 19.1 Å². The molecule has 0 heterocycles. The maximum absolute atomic E-state index is 11.8. The Morgan fingerprint density at radius 3 is 2.50 bits per heavy atom. The Morgan fingerprint density at radius 2 is 1.82 bits per heavy atom. The van der Waals surface area contributed by atoms with Crippen molar-refractivity contribution in [3.63, 3.8) is 0 Å². The number of amides is 1. The maximum atomic E-state index is 11.8. The zero-order valence-corrected chi connectivity index (χ0v) is 12.3. The third kappa shape index (κ3) is 5.29. The van der Waals surface area contributed by atoms with Crippen molar-refractivity contribution in [3.05, 3.63) is 60.2 Å². The van der Waals surface area contributed by atoms with Gasteiger partial charge in [-0.2, -0.15) is 5.26 Å². The predicted molar refractivity (Wildman–Crippen MR) is 85.6 cm³/mol. The van der Waals surface area contributed by atoms with Crippen LogP contribution in [0.1, 0.15) is 18.4 Å². The Bertz CT molecular complexity index is 630. The molecular weight excluding hydrogens is 276 g/mol. The summed E-state index contributed by atoms with van der Waals surface area (Å²) in [6.45, 7) is 0.512. The van der Waals surface area contributed by atoms with Gasteiger partial charge in [0, 0.05) is 12.1 Å². The first-order valence-electron chi connectivity index (χ1n) is 7.21. The third-order valence-corrected chi connectivity index (χ3v) is 3.08. The lowest BCUT2D eigenvalue weighted by molar-refractivity contribution is -0.116. The van der Waals surface area contributed by atoms with Crippen molar-refractivity contribution in [2.75, 3.05) is 11.9 Å². The number of hydrogen-bond donors (Lipinski definition) is 1. The molecule has 0 unspecified atom stereocenters. The number of para-hydroxylation sites is 1. The van der Waals surface area contributed by atoms with E-state index in [4.69, 9.17) is 10.00 Å². The molecule has 2 rings (SSSR count).